The molecule has 1 aromatic rings. The van der Waals surface area contributed by atoms with Crippen LogP contribution in [0.5, 0.6) is 0 Å². The maximum absolute atomic E-state index is 12.1. The maximum Gasteiger partial charge on any atom is 0.271 e. The van der Waals surface area contributed by atoms with Gasteiger partial charge >= 0.3 is 0 Å². The summed E-state index contributed by atoms with van der Waals surface area (Å²) in [6.45, 7) is 5.22. The first-order chi connectivity index (χ1) is 9.51. The zero-order valence-electron chi connectivity index (χ0n) is 12.2. The van der Waals surface area contributed by atoms with E-state index in [0.717, 1.165) is 6.54 Å². The lowest BCUT2D eigenvalue weighted by atomic mass is 9.78. The smallest absolute Gasteiger partial charge is 0.271 e. The second kappa shape index (κ2) is 6.53. The molecule has 1 saturated carbocycles. The van der Waals surface area contributed by atoms with Crippen LogP contribution in [0.1, 0.15) is 56.4 Å². The number of hydrogen-bond acceptors (Lipinski definition) is 3. The van der Waals surface area contributed by atoms with Crippen molar-refractivity contribution in [2.45, 2.75) is 46.0 Å². The summed E-state index contributed by atoms with van der Waals surface area (Å²) in [6, 6.07) is 0. The number of amides is 1. The highest BCUT2D eigenvalue weighted by molar-refractivity contribution is 6.29. The van der Waals surface area contributed by atoms with Gasteiger partial charge in [0.1, 0.15) is 10.8 Å². The summed E-state index contributed by atoms with van der Waals surface area (Å²) in [5.74, 6) is 0.490. The number of hydrogen-bond donors (Lipinski definition) is 1. The molecular formula is C15H22ClN3O. The van der Waals surface area contributed by atoms with Crippen LogP contribution in [0.3, 0.4) is 0 Å². The fraction of sp³-hybridized carbons (Fsp3) is 0.667. The Hall–Kier alpha value is -1.16. The molecule has 110 valence electrons. The van der Waals surface area contributed by atoms with Crippen LogP contribution in [0.4, 0.5) is 0 Å². The third kappa shape index (κ3) is 3.92. The topological polar surface area (TPSA) is 54.9 Å². The Morgan fingerprint density at radius 2 is 2.05 bits per heavy atom. The zero-order chi connectivity index (χ0) is 14.6. The summed E-state index contributed by atoms with van der Waals surface area (Å²) in [5, 5.41) is 3.32. The lowest BCUT2D eigenvalue weighted by Gasteiger charge is -2.31. The van der Waals surface area contributed by atoms with Crippen LogP contribution in [0.15, 0.2) is 12.4 Å². The molecule has 2 rings (SSSR count). The molecule has 5 heteroatoms. The van der Waals surface area contributed by atoms with Gasteiger partial charge in [-0.15, -0.1) is 0 Å². The van der Waals surface area contributed by atoms with Gasteiger partial charge in [-0.3, -0.25) is 4.79 Å². The predicted molar refractivity (Wildman–Crippen MR) is 79.7 cm³/mol. The first-order valence-electron chi connectivity index (χ1n) is 7.26. The quantitative estimate of drug-likeness (QED) is 0.905. The van der Waals surface area contributed by atoms with Gasteiger partial charge in [0, 0.05) is 6.54 Å². The molecule has 1 N–H and O–H groups in total. The SMILES string of the molecule is CC(C)CC1(CNC(=O)c2cnc(Cl)cn2)CCCC1. The molecule has 0 aliphatic heterocycles. The minimum atomic E-state index is -0.163. The molecule has 0 atom stereocenters. The Balaban J connectivity index is 1.95. The number of rotatable bonds is 5. The van der Waals surface area contributed by atoms with Gasteiger partial charge in [0.05, 0.1) is 12.4 Å². The molecule has 0 radical (unpaired) electrons. The van der Waals surface area contributed by atoms with Gasteiger partial charge in [0.15, 0.2) is 0 Å². The number of carbonyl (C=O) groups is 1. The van der Waals surface area contributed by atoms with Gasteiger partial charge in [0.2, 0.25) is 0 Å². The molecule has 4 nitrogen and oxygen atoms in total. The van der Waals surface area contributed by atoms with Crippen molar-refractivity contribution in [3.63, 3.8) is 0 Å². The monoisotopic (exact) mass is 295 g/mol. The molecule has 0 aromatic carbocycles. The van der Waals surface area contributed by atoms with Gasteiger partial charge < -0.3 is 5.32 Å². The third-order valence-corrected chi connectivity index (χ3v) is 4.18. The van der Waals surface area contributed by atoms with Crippen molar-refractivity contribution in [2.75, 3.05) is 6.54 Å². The second-order valence-corrected chi connectivity index (χ2v) is 6.60. The van der Waals surface area contributed by atoms with Crippen LogP contribution < -0.4 is 5.32 Å². The Morgan fingerprint density at radius 1 is 1.35 bits per heavy atom. The molecule has 0 spiro atoms. The van der Waals surface area contributed by atoms with E-state index in [2.05, 4.69) is 29.1 Å². The lowest BCUT2D eigenvalue weighted by Crippen LogP contribution is -2.37. The average Bonchev–Trinajstić information content (AvgIpc) is 2.85. The molecule has 1 amide bonds. The van der Waals surface area contributed by atoms with Gasteiger partial charge in [-0.2, -0.15) is 0 Å². The van der Waals surface area contributed by atoms with Gasteiger partial charge in [-0.05, 0) is 30.6 Å². The first-order valence-corrected chi connectivity index (χ1v) is 7.64. The largest absolute Gasteiger partial charge is 0.350 e. The minimum Gasteiger partial charge on any atom is -0.350 e. The summed E-state index contributed by atoms with van der Waals surface area (Å²) < 4.78 is 0. The average molecular weight is 296 g/mol. The molecule has 1 aliphatic carbocycles. The van der Waals surface area contributed by atoms with Gasteiger partial charge in [-0.25, -0.2) is 9.97 Å². The van der Waals surface area contributed by atoms with Gasteiger partial charge in [0.25, 0.3) is 5.91 Å². The number of halogens is 1. The first kappa shape index (κ1) is 15.2. The fourth-order valence-corrected chi connectivity index (χ4v) is 3.33. The fourth-order valence-electron chi connectivity index (χ4n) is 3.23. The van der Waals surface area contributed by atoms with E-state index in [1.54, 1.807) is 0 Å². The molecule has 0 unspecified atom stereocenters. The Bertz CT molecular complexity index is 453. The van der Waals surface area contributed by atoms with Crippen molar-refractivity contribution in [1.29, 1.82) is 0 Å². The normalized spacial score (nSPS) is 17.4. The van der Waals surface area contributed by atoms with E-state index in [1.807, 2.05) is 0 Å². The molecule has 1 aromatic heterocycles. The molecule has 20 heavy (non-hydrogen) atoms. The van der Waals surface area contributed by atoms with Crippen LogP contribution in [-0.4, -0.2) is 22.4 Å². The summed E-state index contributed by atoms with van der Waals surface area (Å²) in [7, 11) is 0. The van der Waals surface area contributed by atoms with Crippen molar-refractivity contribution < 1.29 is 4.79 Å². The van der Waals surface area contributed by atoms with Crippen LogP contribution in [0.2, 0.25) is 5.15 Å². The molecule has 0 bridgehead atoms. The molecule has 1 fully saturated rings. The van der Waals surface area contributed by atoms with E-state index >= 15 is 0 Å². The molecule has 0 saturated heterocycles. The Labute approximate surface area is 125 Å². The van der Waals surface area contributed by atoms with Crippen LogP contribution in [-0.2, 0) is 0 Å². The minimum absolute atomic E-state index is 0.163. The summed E-state index contributed by atoms with van der Waals surface area (Å²) >= 11 is 5.67. The van der Waals surface area contributed by atoms with Crippen molar-refractivity contribution in [1.82, 2.24) is 15.3 Å². The van der Waals surface area contributed by atoms with Crippen molar-refractivity contribution in [2.24, 2.45) is 11.3 Å². The van der Waals surface area contributed by atoms with Crippen molar-refractivity contribution in [3.05, 3.63) is 23.2 Å². The Kier molecular flexibility index (Phi) is 4.97. The molecular weight excluding hydrogens is 274 g/mol. The van der Waals surface area contributed by atoms with E-state index in [1.165, 1.54) is 44.5 Å². The number of nitrogens with one attached hydrogen (secondary N) is 1. The van der Waals surface area contributed by atoms with Crippen molar-refractivity contribution in [3.8, 4) is 0 Å². The highest BCUT2D eigenvalue weighted by atomic mass is 35.5. The summed E-state index contributed by atoms with van der Waals surface area (Å²) in [5.41, 5.74) is 0.594. The highest BCUT2D eigenvalue weighted by Gasteiger charge is 2.34. The van der Waals surface area contributed by atoms with Crippen LogP contribution in [0.25, 0.3) is 0 Å². The van der Waals surface area contributed by atoms with E-state index in [9.17, 15) is 4.79 Å². The van der Waals surface area contributed by atoms with Crippen LogP contribution >= 0.6 is 11.6 Å². The molecule has 1 aliphatic rings. The molecule has 1 heterocycles. The number of carbonyl (C=O) groups excluding carboxylic acids is 1. The number of nitrogens with zero attached hydrogens (tertiary/aromatic N) is 2. The zero-order valence-corrected chi connectivity index (χ0v) is 12.9. The van der Waals surface area contributed by atoms with Gasteiger partial charge in [-0.1, -0.05) is 38.3 Å². The summed E-state index contributed by atoms with van der Waals surface area (Å²) in [4.78, 5) is 20.0. The van der Waals surface area contributed by atoms with E-state index in [-0.39, 0.29) is 11.3 Å². The third-order valence-electron chi connectivity index (χ3n) is 3.98. The second-order valence-electron chi connectivity index (χ2n) is 6.21. The van der Waals surface area contributed by atoms with E-state index in [4.69, 9.17) is 11.6 Å². The predicted octanol–water partition coefficient (Wildman–Crippen LogP) is 3.47. The van der Waals surface area contributed by atoms with E-state index in [0.29, 0.717) is 16.8 Å². The number of aromatic nitrogens is 2. The standard InChI is InChI=1S/C15H22ClN3O/c1-11(2)7-15(5-3-4-6-15)10-19-14(20)12-8-18-13(16)9-17-12/h8-9,11H,3-7,10H2,1-2H3,(H,19,20). The van der Waals surface area contributed by atoms with E-state index < -0.39 is 0 Å². The lowest BCUT2D eigenvalue weighted by molar-refractivity contribution is 0.0916. The van der Waals surface area contributed by atoms with Crippen molar-refractivity contribution >= 4 is 17.5 Å². The van der Waals surface area contributed by atoms with Crippen LogP contribution in [0, 0.1) is 11.3 Å². The summed E-state index contributed by atoms with van der Waals surface area (Å²) in [6.07, 6.45) is 8.93. The highest BCUT2D eigenvalue weighted by Crippen LogP contribution is 2.42. The Morgan fingerprint density at radius 3 is 2.60 bits per heavy atom. The maximum atomic E-state index is 12.1.